The van der Waals surface area contributed by atoms with Crippen molar-refractivity contribution in [3.05, 3.63) is 75.8 Å². The second-order valence-electron chi connectivity index (χ2n) is 6.89. The smallest absolute Gasteiger partial charge is 0.269 e. The van der Waals surface area contributed by atoms with Gasteiger partial charge in [0, 0.05) is 24.7 Å². The fourth-order valence-corrected chi connectivity index (χ4v) is 3.31. The molecule has 1 aliphatic rings. The van der Waals surface area contributed by atoms with E-state index in [0.717, 1.165) is 18.4 Å². The van der Waals surface area contributed by atoms with Crippen molar-refractivity contribution in [2.24, 2.45) is 5.92 Å². The highest BCUT2D eigenvalue weighted by Crippen LogP contribution is 2.26. The first-order valence-electron chi connectivity index (χ1n) is 9.11. The predicted octanol–water partition coefficient (Wildman–Crippen LogP) is 2.50. The Labute approximate surface area is 158 Å². The van der Waals surface area contributed by atoms with Crippen molar-refractivity contribution >= 4 is 11.6 Å². The Kier molecular flexibility index (Phi) is 6.16. The number of hydrogen-bond donors (Lipinski definition) is 3. The Morgan fingerprint density at radius 3 is 2.59 bits per heavy atom. The molecule has 1 amide bonds. The van der Waals surface area contributed by atoms with E-state index < -0.39 is 4.92 Å². The van der Waals surface area contributed by atoms with Gasteiger partial charge < -0.3 is 5.32 Å². The zero-order valence-corrected chi connectivity index (χ0v) is 15.2. The minimum absolute atomic E-state index is 0.0172. The monoisotopic (exact) mass is 368 g/mol. The number of hydrazine groups is 1. The van der Waals surface area contributed by atoms with E-state index in [9.17, 15) is 14.9 Å². The zero-order valence-electron chi connectivity index (χ0n) is 15.2. The number of carbonyl (C=O) groups excluding carboxylic acids is 1. The third-order valence-corrected chi connectivity index (χ3v) is 4.88. The molecule has 0 spiro atoms. The van der Waals surface area contributed by atoms with Crippen LogP contribution < -0.4 is 16.2 Å². The number of rotatable bonds is 7. The largest absolute Gasteiger partial charge is 0.353 e. The molecule has 3 unspecified atom stereocenters. The standard InChI is InChI=1S/C20H24N4O3/c1-14(7-8-15-5-3-2-4-6-15)22-20(25)18-13-21-23-19(18)16-9-11-17(12-10-16)24(26)27/h2-6,9-12,14,18-19,21,23H,7-8,13H2,1H3,(H,22,25). The Hall–Kier alpha value is -2.77. The van der Waals surface area contributed by atoms with Crippen LogP contribution in [0.4, 0.5) is 5.69 Å². The molecule has 27 heavy (non-hydrogen) atoms. The predicted molar refractivity (Wildman–Crippen MR) is 103 cm³/mol. The minimum atomic E-state index is -0.428. The summed E-state index contributed by atoms with van der Waals surface area (Å²) in [5, 5.41) is 13.9. The summed E-state index contributed by atoms with van der Waals surface area (Å²) < 4.78 is 0. The average Bonchev–Trinajstić information content (AvgIpc) is 3.17. The zero-order chi connectivity index (χ0) is 19.2. The molecule has 7 heteroatoms. The van der Waals surface area contributed by atoms with Crippen molar-refractivity contribution < 1.29 is 9.72 Å². The van der Waals surface area contributed by atoms with E-state index in [2.05, 4.69) is 28.3 Å². The van der Waals surface area contributed by atoms with Gasteiger partial charge in [-0.25, -0.2) is 5.43 Å². The molecule has 142 valence electrons. The molecule has 3 rings (SSSR count). The summed E-state index contributed by atoms with van der Waals surface area (Å²) in [6.45, 7) is 2.52. The molecule has 0 aromatic heterocycles. The van der Waals surface area contributed by atoms with E-state index in [1.54, 1.807) is 12.1 Å². The Morgan fingerprint density at radius 1 is 1.22 bits per heavy atom. The van der Waals surface area contributed by atoms with Crippen LogP contribution in [0.1, 0.15) is 30.5 Å². The van der Waals surface area contributed by atoms with Gasteiger partial charge in [-0.3, -0.25) is 20.3 Å². The van der Waals surface area contributed by atoms with Gasteiger partial charge in [-0.05, 0) is 30.9 Å². The van der Waals surface area contributed by atoms with E-state index in [4.69, 9.17) is 0 Å². The first kappa shape index (κ1) is 19.0. The molecule has 1 fully saturated rings. The number of aryl methyl sites for hydroxylation is 1. The van der Waals surface area contributed by atoms with Crippen LogP contribution in [0.3, 0.4) is 0 Å². The molecule has 7 nitrogen and oxygen atoms in total. The molecular formula is C20H24N4O3. The van der Waals surface area contributed by atoms with E-state index in [-0.39, 0.29) is 29.6 Å². The lowest BCUT2D eigenvalue weighted by atomic mass is 9.93. The highest BCUT2D eigenvalue weighted by molar-refractivity contribution is 5.80. The number of benzene rings is 2. The SMILES string of the molecule is CC(CCc1ccccc1)NC(=O)C1CNNC1c1ccc([N+](=O)[O-])cc1. The number of carbonyl (C=O) groups is 1. The third kappa shape index (κ3) is 4.90. The topological polar surface area (TPSA) is 96.3 Å². The first-order valence-corrected chi connectivity index (χ1v) is 9.11. The van der Waals surface area contributed by atoms with Crippen molar-refractivity contribution in [3.63, 3.8) is 0 Å². The molecule has 3 N–H and O–H groups in total. The summed E-state index contributed by atoms with van der Waals surface area (Å²) >= 11 is 0. The van der Waals surface area contributed by atoms with E-state index in [1.807, 2.05) is 25.1 Å². The van der Waals surface area contributed by atoms with Gasteiger partial charge in [-0.2, -0.15) is 0 Å². The van der Waals surface area contributed by atoms with Crippen LogP contribution in [0, 0.1) is 16.0 Å². The van der Waals surface area contributed by atoms with Crippen LogP contribution in [0.5, 0.6) is 0 Å². The molecule has 1 heterocycles. The molecule has 1 saturated heterocycles. The van der Waals surface area contributed by atoms with Crippen LogP contribution in [-0.2, 0) is 11.2 Å². The lowest BCUT2D eigenvalue weighted by Crippen LogP contribution is -2.40. The molecule has 0 aliphatic carbocycles. The Bertz CT molecular complexity index is 780. The molecular weight excluding hydrogens is 344 g/mol. The molecule has 0 saturated carbocycles. The lowest BCUT2D eigenvalue weighted by molar-refractivity contribution is -0.384. The van der Waals surface area contributed by atoms with Gasteiger partial charge in [0.1, 0.15) is 0 Å². The third-order valence-electron chi connectivity index (χ3n) is 4.88. The highest BCUT2D eigenvalue weighted by atomic mass is 16.6. The van der Waals surface area contributed by atoms with Crippen molar-refractivity contribution in [1.29, 1.82) is 0 Å². The quantitative estimate of drug-likeness (QED) is 0.515. The summed E-state index contributed by atoms with van der Waals surface area (Å²) in [6.07, 6.45) is 1.78. The fourth-order valence-electron chi connectivity index (χ4n) is 3.31. The van der Waals surface area contributed by atoms with Gasteiger partial charge in [0.05, 0.1) is 16.9 Å². The average molecular weight is 368 g/mol. The van der Waals surface area contributed by atoms with Gasteiger partial charge in [0.2, 0.25) is 5.91 Å². The summed E-state index contributed by atoms with van der Waals surface area (Å²) in [6, 6.07) is 16.4. The Morgan fingerprint density at radius 2 is 1.93 bits per heavy atom. The van der Waals surface area contributed by atoms with Crippen LogP contribution in [0.2, 0.25) is 0 Å². The molecule has 0 radical (unpaired) electrons. The maximum absolute atomic E-state index is 12.7. The van der Waals surface area contributed by atoms with Gasteiger partial charge in [0.25, 0.3) is 5.69 Å². The number of nitro benzene ring substituents is 1. The number of hydrogen-bond acceptors (Lipinski definition) is 5. The Balaban J connectivity index is 1.57. The van der Waals surface area contributed by atoms with Crippen LogP contribution in [-0.4, -0.2) is 23.4 Å². The summed E-state index contributed by atoms with van der Waals surface area (Å²) in [5.41, 5.74) is 8.28. The minimum Gasteiger partial charge on any atom is -0.353 e. The van der Waals surface area contributed by atoms with E-state index in [1.165, 1.54) is 17.7 Å². The molecule has 2 aromatic rings. The number of non-ortho nitro benzene ring substituents is 1. The lowest BCUT2D eigenvalue weighted by Gasteiger charge is -2.21. The van der Waals surface area contributed by atoms with Gasteiger partial charge in [-0.15, -0.1) is 0 Å². The molecule has 3 atom stereocenters. The molecule has 1 aliphatic heterocycles. The molecule has 2 aromatic carbocycles. The number of amides is 1. The number of nitro groups is 1. The second kappa shape index (κ2) is 8.75. The molecule has 0 bridgehead atoms. The second-order valence-corrected chi connectivity index (χ2v) is 6.89. The van der Waals surface area contributed by atoms with Crippen LogP contribution in [0.15, 0.2) is 54.6 Å². The number of nitrogens with one attached hydrogen (secondary N) is 3. The van der Waals surface area contributed by atoms with Gasteiger partial charge in [0.15, 0.2) is 0 Å². The van der Waals surface area contributed by atoms with E-state index >= 15 is 0 Å². The van der Waals surface area contributed by atoms with Gasteiger partial charge in [-0.1, -0.05) is 42.5 Å². The van der Waals surface area contributed by atoms with Crippen molar-refractivity contribution in [2.45, 2.75) is 31.8 Å². The van der Waals surface area contributed by atoms with Crippen molar-refractivity contribution in [3.8, 4) is 0 Å². The first-order chi connectivity index (χ1) is 13.0. The number of nitrogens with zero attached hydrogens (tertiary/aromatic N) is 1. The van der Waals surface area contributed by atoms with Crippen molar-refractivity contribution in [1.82, 2.24) is 16.2 Å². The fraction of sp³-hybridized carbons (Fsp3) is 0.350. The summed E-state index contributed by atoms with van der Waals surface area (Å²) in [7, 11) is 0. The van der Waals surface area contributed by atoms with Crippen LogP contribution in [0.25, 0.3) is 0 Å². The maximum atomic E-state index is 12.7. The normalized spacial score (nSPS) is 20.2. The maximum Gasteiger partial charge on any atom is 0.269 e. The van der Waals surface area contributed by atoms with Gasteiger partial charge >= 0.3 is 0 Å². The van der Waals surface area contributed by atoms with Crippen molar-refractivity contribution in [2.75, 3.05) is 6.54 Å². The van der Waals surface area contributed by atoms with Crippen LogP contribution >= 0.6 is 0 Å². The summed E-state index contributed by atoms with van der Waals surface area (Å²) in [4.78, 5) is 23.1. The van der Waals surface area contributed by atoms with E-state index in [0.29, 0.717) is 6.54 Å². The summed E-state index contributed by atoms with van der Waals surface area (Å²) in [5.74, 6) is -0.290. The highest BCUT2D eigenvalue weighted by Gasteiger charge is 2.34.